The lowest BCUT2D eigenvalue weighted by Crippen LogP contribution is -2.44. The molecule has 1 aromatic carbocycles. The van der Waals surface area contributed by atoms with Crippen molar-refractivity contribution in [2.24, 2.45) is 0 Å². The summed E-state index contributed by atoms with van der Waals surface area (Å²) in [5.74, 6) is 2.25. The second-order valence-corrected chi connectivity index (χ2v) is 4.66. The van der Waals surface area contributed by atoms with E-state index < -0.39 is 5.54 Å². The third-order valence-corrected chi connectivity index (χ3v) is 3.49. The van der Waals surface area contributed by atoms with Gasteiger partial charge in [0, 0.05) is 13.0 Å². The van der Waals surface area contributed by atoms with Crippen LogP contribution in [-0.2, 0) is 10.3 Å². The van der Waals surface area contributed by atoms with Gasteiger partial charge in [0.2, 0.25) is 0 Å². The van der Waals surface area contributed by atoms with Crippen LogP contribution in [0, 0.1) is 12.3 Å². The Labute approximate surface area is 112 Å². The van der Waals surface area contributed by atoms with E-state index in [9.17, 15) is 9.59 Å². The van der Waals surface area contributed by atoms with Gasteiger partial charge in [0.25, 0.3) is 5.91 Å². The molecule has 98 valence electrons. The SMILES string of the molecule is C#CCCCN1C(=O)NC(=O)C1(C)c1ccccc1. The number of urea groups is 1. The topological polar surface area (TPSA) is 49.4 Å². The second-order valence-electron chi connectivity index (χ2n) is 4.66. The zero-order valence-corrected chi connectivity index (χ0v) is 10.8. The smallest absolute Gasteiger partial charge is 0.306 e. The number of amides is 3. The summed E-state index contributed by atoms with van der Waals surface area (Å²) in [7, 11) is 0. The summed E-state index contributed by atoms with van der Waals surface area (Å²) in [4.78, 5) is 25.6. The maximum Gasteiger partial charge on any atom is 0.325 e. The van der Waals surface area contributed by atoms with Crippen LogP contribution < -0.4 is 5.32 Å². The van der Waals surface area contributed by atoms with Crippen LogP contribution in [0.2, 0.25) is 0 Å². The lowest BCUT2D eigenvalue weighted by atomic mass is 9.90. The summed E-state index contributed by atoms with van der Waals surface area (Å²) in [6, 6.07) is 8.95. The van der Waals surface area contributed by atoms with Gasteiger partial charge in [0.1, 0.15) is 5.54 Å². The quantitative estimate of drug-likeness (QED) is 0.508. The van der Waals surface area contributed by atoms with Gasteiger partial charge in [-0.1, -0.05) is 30.3 Å². The van der Waals surface area contributed by atoms with Crippen molar-refractivity contribution in [1.82, 2.24) is 10.2 Å². The Morgan fingerprint density at radius 2 is 2.00 bits per heavy atom. The van der Waals surface area contributed by atoms with Crippen molar-refractivity contribution in [1.29, 1.82) is 0 Å². The molecule has 19 heavy (non-hydrogen) atoms. The fraction of sp³-hybridized carbons (Fsp3) is 0.333. The number of hydrogen-bond acceptors (Lipinski definition) is 2. The Hall–Kier alpha value is -2.28. The first-order valence-corrected chi connectivity index (χ1v) is 6.22. The highest BCUT2D eigenvalue weighted by Crippen LogP contribution is 2.32. The fourth-order valence-electron chi connectivity index (χ4n) is 2.33. The number of nitrogens with zero attached hydrogens (tertiary/aromatic N) is 1. The van der Waals surface area contributed by atoms with Gasteiger partial charge in [-0.15, -0.1) is 12.3 Å². The number of carbonyl (C=O) groups excluding carboxylic acids is 2. The summed E-state index contributed by atoms with van der Waals surface area (Å²) < 4.78 is 0. The Balaban J connectivity index is 2.32. The van der Waals surface area contributed by atoms with E-state index in [2.05, 4.69) is 11.2 Å². The number of benzene rings is 1. The predicted octanol–water partition coefficient (Wildman–Crippen LogP) is 1.87. The molecule has 0 aromatic heterocycles. The first-order chi connectivity index (χ1) is 9.10. The molecule has 0 radical (unpaired) electrons. The molecule has 1 N–H and O–H groups in total. The monoisotopic (exact) mass is 256 g/mol. The van der Waals surface area contributed by atoms with E-state index in [1.807, 2.05) is 30.3 Å². The number of unbranched alkanes of at least 4 members (excludes halogenated alkanes) is 1. The molecule has 1 heterocycles. The molecule has 3 amide bonds. The predicted molar refractivity (Wildman–Crippen MR) is 72.1 cm³/mol. The molecule has 4 heteroatoms. The molecule has 1 aromatic rings. The maximum absolute atomic E-state index is 12.1. The summed E-state index contributed by atoms with van der Waals surface area (Å²) in [5.41, 5.74) is -0.147. The summed E-state index contributed by atoms with van der Waals surface area (Å²) in [6.07, 6.45) is 6.48. The van der Waals surface area contributed by atoms with Crippen LogP contribution in [0.5, 0.6) is 0 Å². The number of rotatable bonds is 4. The van der Waals surface area contributed by atoms with Gasteiger partial charge in [0.05, 0.1) is 0 Å². The van der Waals surface area contributed by atoms with Crippen LogP contribution in [0.1, 0.15) is 25.3 Å². The van der Waals surface area contributed by atoms with Crippen molar-refractivity contribution in [2.75, 3.05) is 6.54 Å². The average molecular weight is 256 g/mol. The van der Waals surface area contributed by atoms with Crippen LogP contribution in [0.15, 0.2) is 30.3 Å². The van der Waals surface area contributed by atoms with Crippen molar-refractivity contribution in [3.8, 4) is 12.3 Å². The highest BCUT2D eigenvalue weighted by molar-refractivity contribution is 6.07. The highest BCUT2D eigenvalue weighted by Gasteiger charge is 2.49. The van der Waals surface area contributed by atoms with Crippen molar-refractivity contribution in [3.63, 3.8) is 0 Å². The van der Waals surface area contributed by atoms with E-state index in [0.717, 1.165) is 5.56 Å². The van der Waals surface area contributed by atoms with E-state index in [0.29, 0.717) is 19.4 Å². The van der Waals surface area contributed by atoms with Crippen molar-refractivity contribution >= 4 is 11.9 Å². The molecule has 1 fully saturated rings. The number of terminal acetylenes is 1. The van der Waals surface area contributed by atoms with Gasteiger partial charge in [-0.2, -0.15) is 0 Å². The first-order valence-electron chi connectivity index (χ1n) is 6.22. The van der Waals surface area contributed by atoms with Crippen LogP contribution in [-0.4, -0.2) is 23.4 Å². The fourth-order valence-corrected chi connectivity index (χ4v) is 2.33. The van der Waals surface area contributed by atoms with Crippen LogP contribution in [0.25, 0.3) is 0 Å². The van der Waals surface area contributed by atoms with Gasteiger partial charge in [-0.25, -0.2) is 4.79 Å². The highest BCUT2D eigenvalue weighted by atomic mass is 16.2. The molecule has 1 aliphatic heterocycles. The normalized spacial score (nSPS) is 22.2. The number of nitrogens with one attached hydrogen (secondary N) is 1. The van der Waals surface area contributed by atoms with Crippen LogP contribution in [0.3, 0.4) is 0 Å². The lowest BCUT2D eigenvalue weighted by molar-refractivity contribution is -0.126. The van der Waals surface area contributed by atoms with Crippen molar-refractivity contribution in [3.05, 3.63) is 35.9 Å². The average Bonchev–Trinajstić information content (AvgIpc) is 2.64. The lowest BCUT2D eigenvalue weighted by Gasteiger charge is -2.32. The Morgan fingerprint density at radius 1 is 1.32 bits per heavy atom. The van der Waals surface area contributed by atoms with E-state index >= 15 is 0 Å². The van der Waals surface area contributed by atoms with Crippen molar-refractivity contribution in [2.45, 2.75) is 25.3 Å². The van der Waals surface area contributed by atoms with Gasteiger partial charge in [-0.3, -0.25) is 10.1 Å². The van der Waals surface area contributed by atoms with Crippen molar-refractivity contribution < 1.29 is 9.59 Å². The molecule has 0 spiro atoms. The van der Waals surface area contributed by atoms with E-state index in [-0.39, 0.29) is 11.9 Å². The number of imide groups is 1. The molecule has 0 bridgehead atoms. The molecule has 1 aliphatic rings. The zero-order chi connectivity index (χ0) is 13.9. The van der Waals surface area contributed by atoms with Gasteiger partial charge < -0.3 is 4.90 Å². The van der Waals surface area contributed by atoms with E-state index in [4.69, 9.17) is 6.42 Å². The molecule has 0 aliphatic carbocycles. The van der Waals surface area contributed by atoms with E-state index in [1.54, 1.807) is 11.8 Å². The van der Waals surface area contributed by atoms with E-state index in [1.165, 1.54) is 0 Å². The Morgan fingerprint density at radius 3 is 2.63 bits per heavy atom. The summed E-state index contributed by atoms with van der Waals surface area (Å²) >= 11 is 0. The number of hydrogen-bond donors (Lipinski definition) is 1. The minimum Gasteiger partial charge on any atom is -0.306 e. The third kappa shape index (κ3) is 2.19. The van der Waals surface area contributed by atoms with Crippen LogP contribution in [0.4, 0.5) is 4.79 Å². The molecule has 4 nitrogen and oxygen atoms in total. The first kappa shape index (κ1) is 13.2. The third-order valence-electron chi connectivity index (χ3n) is 3.49. The molecule has 0 saturated carbocycles. The zero-order valence-electron chi connectivity index (χ0n) is 10.8. The van der Waals surface area contributed by atoms with Gasteiger partial charge in [-0.05, 0) is 18.9 Å². The Kier molecular flexibility index (Phi) is 3.57. The summed E-state index contributed by atoms with van der Waals surface area (Å²) in [5, 5.41) is 2.38. The molecular formula is C15H16N2O2. The largest absolute Gasteiger partial charge is 0.325 e. The maximum atomic E-state index is 12.1. The minimum atomic E-state index is -0.951. The van der Waals surface area contributed by atoms with Crippen LogP contribution >= 0.6 is 0 Å². The standard InChI is InChI=1S/C15H16N2O2/c1-3-4-8-11-17-14(19)16-13(18)15(17,2)12-9-6-5-7-10-12/h1,5-7,9-10H,4,8,11H2,2H3,(H,16,18,19). The minimum absolute atomic E-state index is 0.288. The summed E-state index contributed by atoms with van der Waals surface area (Å²) in [6.45, 7) is 2.23. The number of carbonyl (C=O) groups is 2. The molecule has 2 rings (SSSR count). The van der Waals surface area contributed by atoms with Gasteiger partial charge >= 0.3 is 6.03 Å². The molecule has 1 unspecified atom stereocenters. The van der Waals surface area contributed by atoms with Gasteiger partial charge in [0.15, 0.2) is 0 Å². The molecule has 1 saturated heterocycles. The molecular weight excluding hydrogens is 240 g/mol. The molecule has 1 atom stereocenters. The Bertz CT molecular complexity index is 533. The second kappa shape index (κ2) is 5.15.